The molecule has 0 spiro atoms. The van der Waals surface area contributed by atoms with Crippen LogP contribution < -0.4 is 5.32 Å². The summed E-state index contributed by atoms with van der Waals surface area (Å²) in [6.45, 7) is 7.67. The Morgan fingerprint density at radius 2 is 1.76 bits per heavy atom. The Labute approximate surface area is 172 Å². The monoisotopic (exact) mass is 416 g/mol. The molecule has 2 aromatic carbocycles. The molecule has 1 fully saturated rings. The highest BCUT2D eigenvalue weighted by Gasteiger charge is 2.24. The second kappa shape index (κ2) is 9.07. The second-order valence-corrected chi connectivity index (χ2v) is 9.49. The number of aryl methyl sites for hydroxylation is 2. The van der Waals surface area contributed by atoms with E-state index in [-0.39, 0.29) is 17.7 Å². The third kappa shape index (κ3) is 5.44. The number of carbonyl (C=O) groups is 1. The molecule has 7 heteroatoms. The van der Waals surface area contributed by atoms with Crippen LogP contribution in [0.15, 0.2) is 42.5 Å². The largest absolute Gasteiger partial charge is 0.379 e. The fourth-order valence-electron chi connectivity index (χ4n) is 3.55. The van der Waals surface area contributed by atoms with E-state index in [1.165, 1.54) is 9.87 Å². The predicted octanol–water partition coefficient (Wildman–Crippen LogP) is 2.96. The Hall–Kier alpha value is -2.22. The van der Waals surface area contributed by atoms with Crippen molar-refractivity contribution in [3.8, 4) is 0 Å². The number of benzene rings is 2. The first-order valence-corrected chi connectivity index (χ1v) is 11.4. The van der Waals surface area contributed by atoms with Gasteiger partial charge in [0.15, 0.2) is 0 Å². The molecule has 1 aliphatic heterocycles. The fourth-order valence-corrected chi connectivity index (χ4v) is 5.05. The summed E-state index contributed by atoms with van der Waals surface area (Å²) in [7, 11) is -3.38. The summed E-state index contributed by atoms with van der Waals surface area (Å²) in [6.07, 6.45) is 0. The van der Waals surface area contributed by atoms with Crippen molar-refractivity contribution < 1.29 is 17.9 Å². The summed E-state index contributed by atoms with van der Waals surface area (Å²) in [6, 6.07) is 12.8. The van der Waals surface area contributed by atoms with Gasteiger partial charge in [-0.2, -0.15) is 4.31 Å². The minimum absolute atomic E-state index is 0.0755. The number of nitrogens with one attached hydrogen (secondary N) is 1. The van der Waals surface area contributed by atoms with Gasteiger partial charge in [-0.3, -0.25) is 4.79 Å². The molecule has 0 radical (unpaired) electrons. The summed E-state index contributed by atoms with van der Waals surface area (Å²) in [5.41, 5.74) is 4.58. The van der Waals surface area contributed by atoms with E-state index in [0.29, 0.717) is 37.4 Å². The number of sulfonamides is 1. The van der Waals surface area contributed by atoms with E-state index >= 15 is 0 Å². The lowest BCUT2D eigenvalue weighted by molar-refractivity contribution is 0.0729. The van der Waals surface area contributed by atoms with Crippen LogP contribution in [0.5, 0.6) is 0 Å². The number of rotatable bonds is 6. The van der Waals surface area contributed by atoms with Crippen molar-refractivity contribution in [1.29, 1.82) is 0 Å². The zero-order valence-electron chi connectivity index (χ0n) is 17.1. The molecule has 1 atom stereocenters. The van der Waals surface area contributed by atoms with Crippen molar-refractivity contribution in [1.82, 2.24) is 9.62 Å². The maximum Gasteiger partial charge on any atom is 0.251 e. The van der Waals surface area contributed by atoms with Crippen LogP contribution in [0.25, 0.3) is 0 Å². The van der Waals surface area contributed by atoms with E-state index in [2.05, 4.69) is 11.4 Å². The van der Waals surface area contributed by atoms with E-state index in [9.17, 15) is 13.2 Å². The molecule has 0 aromatic heterocycles. The summed E-state index contributed by atoms with van der Waals surface area (Å²) >= 11 is 0. The van der Waals surface area contributed by atoms with Crippen LogP contribution in [0.2, 0.25) is 0 Å². The first-order valence-electron chi connectivity index (χ1n) is 9.79. The van der Waals surface area contributed by atoms with E-state index in [1.54, 1.807) is 24.3 Å². The molecule has 0 aliphatic carbocycles. The van der Waals surface area contributed by atoms with E-state index in [0.717, 1.165) is 11.1 Å². The number of amides is 1. The van der Waals surface area contributed by atoms with E-state index < -0.39 is 10.0 Å². The molecule has 0 unspecified atom stereocenters. The van der Waals surface area contributed by atoms with Crippen LogP contribution in [-0.4, -0.2) is 44.9 Å². The molecular weight excluding hydrogens is 388 g/mol. The van der Waals surface area contributed by atoms with E-state index in [1.807, 2.05) is 32.9 Å². The summed E-state index contributed by atoms with van der Waals surface area (Å²) in [4.78, 5) is 12.6. The fraction of sp³-hybridized carbons (Fsp3) is 0.409. The highest BCUT2D eigenvalue weighted by Crippen LogP contribution is 2.19. The molecule has 0 saturated carbocycles. The lowest BCUT2D eigenvalue weighted by Crippen LogP contribution is -2.41. The Balaban J connectivity index is 1.64. The van der Waals surface area contributed by atoms with Crippen molar-refractivity contribution in [3.63, 3.8) is 0 Å². The van der Waals surface area contributed by atoms with Crippen molar-refractivity contribution in [2.75, 3.05) is 26.3 Å². The minimum atomic E-state index is -3.38. The predicted molar refractivity (Wildman–Crippen MR) is 113 cm³/mol. The van der Waals surface area contributed by atoms with Crippen LogP contribution in [0.3, 0.4) is 0 Å². The molecule has 1 saturated heterocycles. The zero-order valence-corrected chi connectivity index (χ0v) is 18.0. The number of morpholine rings is 1. The topological polar surface area (TPSA) is 75.7 Å². The van der Waals surface area contributed by atoms with Crippen molar-refractivity contribution in [3.05, 3.63) is 70.3 Å². The number of carbonyl (C=O) groups excluding carboxylic acids is 1. The maximum atomic E-state index is 12.6. The van der Waals surface area contributed by atoms with Crippen LogP contribution in [-0.2, 0) is 20.5 Å². The average molecular weight is 417 g/mol. The number of ether oxygens (including phenoxy) is 1. The molecular formula is C22H28N2O4S. The lowest BCUT2D eigenvalue weighted by Gasteiger charge is -2.26. The molecule has 1 N–H and O–H groups in total. The third-order valence-corrected chi connectivity index (χ3v) is 7.02. The van der Waals surface area contributed by atoms with Crippen molar-refractivity contribution in [2.24, 2.45) is 0 Å². The zero-order chi connectivity index (χ0) is 21.0. The Morgan fingerprint density at radius 1 is 1.10 bits per heavy atom. The molecule has 1 aliphatic rings. The van der Waals surface area contributed by atoms with Gasteiger partial charge < -0.3 is 10.1 Å². The first-order chi connectivity index (χ1) is 13.8. The standard InChI is InChI=1S/C22H28N2O4S/c1-16-4-9-21(17(2)14-16)18(3)23-22(25)20-7-5-19(6-8-20)15-29(26,27)24-10-12-28-13-11-24/h4-9,14,18H,10-13,15H2,1-3H3,(H,23,25)/t18-/m0/s1. The maximum absolute atomic E-state index is 12.6. The van der Waals surface area contributed by atoms with Gasteiger partial charge in [0, 0.05) is 18.7 Å². The summed E-state index contributed by atoms with van der Waals surface area (Å²) < 4.78 is 31.7. The third-order valence-electron chi connectivity index (χ3n) is 5.17. The molecule has 1 amide bonds. The van der Waals surface area contributed by atoms with Gasteiger partial charge in [-0.15, -0.1) is 0 Å². The van der Waals surface area contributed by atoms with Gasteiger partial charge in [0.2, 0.25) is 10.0 Å². The Bertz CT molecular complexity index is 965. The molecule has 1 heterocycles. The number of hydrogen-bond acceptors (Lipinski definition) is 4. The van der Waals surface area contributed by atoms with Gasteiger partial charge in [0.05, 0.1) is 25.0 Å². The molecule has 6 nitrogen and oxygen atoms in total. The van der Waals surface area contributed by atoms with Gasteiger partial charge in [0.25, 0.3) is 5.91 Å². The average Bonchev–Trinajstić information content (AvgIpc) is 2.68. The molecule has 3 rings (SSSR count). The Morgan fingerprint density at radius 3 is 2.38 bits per heavy atom. The van der Waals surface area contributed by atoms with Crippen LogP contribution in [0, 0.1) is 13.8 Å². The smallest absolute Gasteiger partial charge is 0.251 e. The van der Waals surface area contributed by atoms with Gasteiger partial charge in [-0.25, -0.2) is 8.42 Å². The second-order valence-electron chi connectivity index (χ2n) is 7.52. The SMILES string of the molecule is Cc1ccc([C@H](C)NC(=O)c2ccc(CS(=O)(=O)N3CCOCC3)cc2)c(C)c1. The molecule has 29 heavy (non-hydrogen) atoms. The van der Waals surface area contributed by atoms with Crippen molar-refractivity contribution in [2.45, 2.75) is 32.6 Å². The summed E-state index contributed by atoms with van der Waals surface area (Å²) in [5, 5.41) is 3.01. The van der Waals surface area contributed by atoms with Crippen LogP contribution >= 0.6 is 0 Å². The minimum Gasteiger partial charge on any atom is -0.379 e. The van der Waals surface area contributed by atoms with Gasteiger partial charge in [-0.05, 0) is 49.6 Å². The first kappa shape index (κ1) is 21.5. The number of nitrogens with zero attached hydrogens (tertiary/aromatic N) is 1. The van der Waals surface area contributed by atoms with Crippen molar-refractivity contribution >= 4 is 15.9 Å². The Kier molecular flexibility index (Phi) is 6.72. The molecule has 2 aromatic rings. The molecule has 0 bridgehead atoms. The lowest BCUT2D eigenvalue weighted by atomic mass is 10.00. The van der Waals surface area contributed by atoms with Gasteiger partial charge in [0.1, 0.15) is 0 Å². The van der Waals surface area contributed by atoms with Gasteiger partial charge >= 0.3 is 0 Å². The molecule has 156 valence electrons. The summed E-state index contributed by atoms with van der Waals surface area (Å²) in [5.74, 6) is -0.256. The van der Waals surface area contributed by atoms with Crippen LogP contribution in [0.1, 0.15) is 45.6 Å². The van der Waals surface area contributed by atoms with Gasteiger partial charge in [-0.1, -0.05) is 35.9 Å². The normalized spacial score (nSPS) is 16.4. The quantitative estimate of drug-likeness (QED) is 0.786. The highest BCUT2D eigenvalue weighted by atomic mass is 32.2. The van der Waals surface area contributed by atoms with E-state index in [4.69, 9.17) is 4.74 Å². The highest BCUT2D eigenvalue weighted by molar-refractivity contribution is 7.88. The number of hydrogen-bond donors (Lipinski definition) is 1. The van der Waals surface area contributed by atoms with Crippen LogP contribution in [0.4, 0.5) is 0 Å².